The molecule has 18 heavy (non-hydrogen) atoms. The highest BCUT2D eigenvalue weighted by atomic mass is 16.6. The number of nitro groups is 1. The number of rotatable bonds is 5. The third kappa shape index (κ3) is 3.06. The molecule has 0 saturated heterocycles. The van der Waals surface area contributed by atoms with E-state index in [1.54, 1.807) is 18.2 Å². The lowest BCUT2D eigenvalue weighted by molar-refractivity contribution is -0.385. The number of para-hydroxylation sites is 1. The van der Waals surface area contributed by atoms with Gasteiger partial charge in [-0.2, -0.15) is 0 Å². The molecule has 1 aliphatic carbocycles. The van der Waals surface area contributed by atoms with Crippen molar-refractivity contribution in [2.24, 2.45) is 5.92 Å². The van der Waals surface area contributed by atoms with Gasteiger partial charge in [-0.3, -0.25) is 14.9 Å². The lowest BCUT2D eigenvalue weighted by Crippen LogP contribution is -2.35. The van der Waals surface area contributed by atoms with E-state index in [0.29, 0.717) is 11.5 Å². The van der Waals surface area contributed by atoms with Gasteiger partial charge in [0.05, 0.1) is 11.3 Å². The Labute approximate surface area is 105 Å². The topological polar surface area (TPSA) is 72.2 Å². The molecule has 0 radical (unpaired) electrons. The maximum atomic E-state index is 11.8. The molecule has 0 heterocycles. The van der Waals surface area contributed by atoms with E-state index >= 15 is 0 Å². The standard InChI is InChI=1S/C13H16N2O3/c1-9(10-6-7-10)14-13(16)8-11-4-2-3-5-12(11)15(17)18/h2-5,9-10H,6-8H2,1H3,(H,14,16). The van der Waals surface area contributed by atoms with E-state index in [-0.39, 0.29) is 24.1 Å². The maximum Gasteiger partial charge on any atom is 0.273 e. The van der Waals surface area contributed by atoms with Crippen LogP contribution < -0.4 is 5.32 Å². The van der Waals surface area contributed by atoms with Gasteiger partial charge in [0.2, 0.25) is 5.91 Å². The quantitative estimate of drug-likeness (QED) is 0.640. The molecule has 1 aliphatic rings. The van der Waals surface area contributed by atoms with Crippen molar-refractivity contribution in [1.29, 1.82) is 0 Å². The van der Waals surface area contributed by atoms with Crippen LogP contribution in [0.25, 0.3) is 0 Å². The Bertz CT molecular complexity index is 469. The molecule has 0 aromatic heterocycles. The Morgan fingerprint density at radius 3 is 2.78 bits per heavy atom. The molecule has 1 N–H and O–H groups in total. The van der Waals surface area contributed by atoms with Gasteiger partial charge in [0, 0.05) is 17.7 Å². The predicted molar refractivity (Wildman–Crippen MR) is 67.1 cm³/mol. The van der Waals surface area contributed by atoms with Gasteiger partial charge < -0.3 is 5.32 Å². The molecule has 1 fully saturated rings. The summed E-state index contributed by atoms with van der Waals surface area (Å²) in [6.07, 6.45) is 2.38. The second kappa shape index (κ2) is 5.16. The zero-order valence-electron chi connectivity index (χ0n) is 10.3. The smallest absolute Gasteiger partial charge is 0.273 e. The van der Waals surface area contributed by atoms with Crippen LogP contribution in [0.3, 0.4) is 0 Å². The number of nitro benzene ring substituents is 1. The minimum Gasteiger partial charge on any atom is -0.353 e. The molecule has 1 aromatic rings. The number of nitrogens with zero attached hydrogens (tertiary/aromatic N) is 1. The first-order valence-corrected chi connectivity index (χ1v) is 6.09. The highest BCUT2D eigenvalue weighted by molar-refractivity contribution is 5.80. The number of carbonyl (C=O) groups excluding carboxylic acids is 1. The van der Waals surface area contributed by atoms with Gasteiger partial charge in [-0.1, -0.05) is 18.2 Å². The molecule has 1 unspecified atom stereocenters. The van der Waals surface area contributed by atoms with Crippen LogP contribution in [0, 0.1) is 16.0 Å². The number of amides is 1. The van der Waals surface area contributed by atoms with Crippen LogP contribution in [-0.4, -0.2) is 16.9 Å². The summed E-state index contributed by atoms with van der Waals surface area (Å²) >= 11 is 0. The van der Waals surface area contributed by atoms with Gasteiger partial charge >= 0.3 is 0 Å². The fourth-order valence-corrected chi connectivity index (χ4v) is 2.03. The molecule has 2 rings (SSSR count). The number of benzene rings is 1. The molecule has 0 aliphatic heterocycles. The first-order chi connectivity index (χ1) is 8.58. The van der Waals surface area contributed by atoms with Gasteiger partial charge in [-0.15, -0.1) is 0 Å². The molecule has 5 heteroatoms. The Balaban J connectivity index is 1.99. The molecule has 1 aromatic carbocycles. The molecule has 5 nitrogen and oxygen atoms in total. The number of hydrogen-bond acceptors (Lipinski definition) is 3. The average Bonchev–Trinajstić information content (AvgIpc) is 3.12. The third-order valence-corrected chi connectivity index (χ3v) is 3.26. The maximum absolute atomic E-state index is 11.8. The second-order valence-corrected chi connectivity index (χ2v) is 4.76. The summed E-state index contributed by atoms with van der Waals surface area (Å²) in [5, 5.41) is 13.7. The summed E-state index contributed by atoms with van der Waals surface area (Å²) in [7, 11) is 0. The Hall–Kier alpha value is -1.91. The highest BCUT2D eigenvalue weighted by Gasteiger charge is 2.29. The number of nitrogens with one attached hydrogen (secondary N) is 1. The normalized spacial score (nSPS) is 16.1. The van der Waals surface area contributed by atoms with Crippen molar-refractivity contribution in [3.05, 3.63) is 39.9 Å². The molecular weight excluding hydrogens is 232 g/mol. The van der Waals surface area contributed by atoms with Crippen LogP contribution >= 0.6 is 0 Å². The van der Waals surface area contributed by atoms with Crippen LogP contribution in [0.1, 0.15) is 25.3 Å². The van der Waals surface area contributed by atoms with E-state index in [4.69, 9.17) is 0 Å². The monoisotopic (exact) mass is 248 g/mol. The van der Waals surface area contributed by atoms with Crippen LogP contribution in [0.15, 0.2) is 24.3 Å². The van der Waals surface area contributed by atoms with E-state index in [2.05, 4.69) is 5.32 Å². The van der Waals surface area contributed by atoms with Crippen molar-refractivity contribution in [3.63, 3.8) is 0 Å². The van der Waals surface area contributed by atoms with Crippen LogP contribution in [0.5, 0.6) is 0 Å². The fraction of sp³-hybridized carbons (Fsp3) is 0.462. The van der Waals surface area contributed by atoms with E-state index in [0.717, 1.165) is 12.8 Å². The van der Waals surface area contributed by atoms with Crippen LogP contribution in [-0.2, 0) is 11.2 Å². The van der Waals surface area contributed by atoms with Crippen molar-refractivity contribution in [2.45, 2.75) is 32.2 Å². The predicted octanol–water partition coefficient (Wildman–Crippen LogP) is 2.05. The molecule has 1 saturated carbocycles. The fourth-order valence-electron chi connectivity index (χ4n) is 2.03. The third-order valence-electron chi connectivity index (χ3n) is 3.26. The lowest BCUT2D eigenvalue weighted by atomic mass is 10.1. The largest absolute Gasteiger partial charge is 0.353 e. The number of carbonyl (C=O) groups is 1. The van der Waals surface area contributed by atoms with E-state index in [1.807, 2.05) is 6.92 Å². The average molecular weight is 248 g/mol. The van der Waals surface area contributed by atoms with Crippen molar-refractivity contribution >= 4 is 11.6 Å². The molecule has 0 bridgehead atoms. The summed E-state index contributed by atoms with van der Waals surface area (Å²) in [6.45, 7) is 1.98. The minimum atomic E-state index is -0.451. The summed E-state index contributed by atoms with van der Waals surface area (Å²) in [5.41, 5.74) is 0.467. The van der Waals surface area contributed by atoms with Crippen molar-refractivity contribution < 1.29 is 9.72 Å². The molecule has 1 atom stereocenters. The van der Waals surface area contributed by atoms with Crippen molar-refractivity contribution in [2.75, 3.05) is 0 Å². The molecule has 1 amide bonds. The SMILES string of the molecule is CC(NC(=O)Cc1ccccc1[N+](=O)[O-])C1CC1. The van der Waals surface area contributed by atoms with Crippen molar-refractivity contribution in [3.8, 4) is 0 Å². The van der Waals surface area contributed by atoms with Crippen molar-refractivity contribution in [1.82, 2.24) is 5.32 Å². The first-order valence-electron chi connectivity index (χ1n) is 6.09. The zero-order valence-corrected chi connectivity index (χ0v) is 10.3. The van der Waals surface area contributed by atoms with Gasteiger partial charge in [0.1, 0.15) is 0 Å². The number of hydrogen-bond donors (Lipinski definition) is 1. The highest BCUT2D eigenvalue weighted by Crippen LogP contribution is 2.32. The van der Waals surface area contributed by atoms with Gasteiger partial charge in [0.15, 0.2) is 0 Å². The summed E-state index contributed by atoms with van der Waals surface area (Å²) in [4.78, 5) is 22.2. The van der Waals surface area contributed by atoms with E-state index in [9.17, 15) is 14.9 Å². The zero-order chi connectivity index (χ0) is 13.1. The van der Waals surface area contributed by atoms with Gasteiger partial charge in [0.25, 0.3) is 5.69 Å². The summed E-state index contributed by atoms with van der Waals surface area (Å²) < 4.78 is 0. The molecular formula is C13H16N2O3. The lowest BCUT2D eigenvalue weighted by Gasteiger charge is -2.12. The van der Waals surface area contributed by atoms with Gasteiger partial charge in [-0.25, -0.2) is 0 Å². The Morgan fingerprint density at radius 2 is 2.17 bits per heavy atom. The Morgan fingerprint density at radius 1 is 1.50 bits per heavy atom. The second-order valence-electron chi connectivity index (χ2n) is 4.76. The van der Waals surface area contributed by atoms with E-state index in [1.165, 1.54) is 6.07 Å². The molecule has 96 valence electrons. The first kappa shape index (κ1) is 12.5. The van der Waals surface area contributed by atoms with E-state index < -0.39 is 4.92 Å². The summed E-state index contributed by atoms with van der Waals surface area (Å²) in [6, 6.07) is 6.53. The van der Waals surface area contributed by atoms with Crippen LogP contribution in [0.2, 0.25) is 0 Å². The molecule has 0 spiro atoms. The summed E-state index contributed by atoms with van der Waals surface area (Å²) in [5.74, 6) is 0.434. The Kier molecular flexibility index (Phi) is 3.60. The van der Waals surface area contributed by atoms with Gasteiger partial charge in [-0.05, 0) is 25.7 Å². The van der Waals surface area contributed by atoms with Crippen LogP contribution in [0.4, 0.5) is 5.69 Å². The minimum absolute atomic E-state index is 0.00623.